The topological polar surface area (TPSA) is 84.3 Å². The summed E-state index contributed by atoms with van der Waals surface area (Å²) in [6.07, 6.45) is 11.0. The highest BCUT2D eigenvalue weighted by molar-refractivity contribution is 5.86. The summed E-state index contributed by atoms with van der Waals surface area (Å²) >= 11 is 0. The minimum atomic E-state index is -0.801. The lowest BCUT2D eigenvalue weighted by molar-refractivity contribution is -0.135. The molecule has 1 heterocycles. The number of nitrogens with zero attached hydrogens (tertiary/aromatic N) is 2. The maximum absolute atomic E-state index is 11.4. The number of nitrogens with one attached hydrogen (secondary N) is 1. The first-order valence-corrected chi connectivity index (χ1v) is 10.3. The molecule has 2 aliphatic carbocycles. The Morgan fingerprint density at radius 2 is 1.90 bits per heavy atom. The molecule has 1 aromatic carbocycles. The summed E-state index contributed by atoms with van der Waals surface area (Å²) in [5.41, 5.74) is 5.53. The van der Waals surface area contributed by atoms with Crippen molar-refractivity contribution in [3.63, 3.8) is 0 Å². The molecule has 0 atom stereocenters. The molecule has 6 nitrogen and oxygen atoms in total. The van der Waals surface area contributed by atoms with E-state index in [9.17, 15) is 9.90 Å². The monoisotopic (exact) mass is 403 g/mol. The van der Waals surface area contributed by atoms with Crippen LogP contribution in [0.15, 0.2) is 71.8 Å². The highest BCUT2D eigenvalue weighted by atomic mass is 16.5. The molecule has 0 spiro atoms. The van der Waals surface area contributed by atoms with Crippen molar-refractivity contribution in [1.82, 2.24) is 9.97 Å². The SMILES string of the molecule is O=C(O)CC1=CC2=C(C=C(OCCCNc3ncccn3)CC2)Cc2ccccc21. The Hall–Kier alpha value is -3.41. The van der Waals surface area contributed by atoms with E-state index < -0.39 is 5.97 Å². The Morgan fingerprint density at radius 1 is 1.07 bits per heavy atom. The largest absolute Gasteiger partial charge is 0.498 e. The zero-order chi connectivity index (χ0) is 20.8. The van der Waals surface area contributed by atoms with E-state index in [1.807, 2.05) is 18.2 Å². The van der Waals surface area contributed by atoms with Gasteiger partial charge in [-0.3, -0.25) is 4.79 Å². The minimum absolute atomic E-state index is 0.0407. The minimum Gasteiger partial charge on any atom is -0.498 e. The predicted molar refractivity (Wildman–Crippen MR) is 116 cm³/mol. The van der Waals surface area contributed by atoms with Crippen LogP contribution in [0, 0.1) is 0 Å². The van der Waals surface area contributed by atoms with Gasteiger partial charge in [-0.15, -0.1) is 0 Å². The number of hydrogen-bond acceptors (Lipinski definition) is 5. The van der Waals surface area contributed by atoms with Crippen molar-refractivity contribution < 1.29 is 14.6 Å². The fourth-order valence-corrected chi connectivity index (χ4v) is 3.88. The lowest BCUT2D eigenvalue weighted by atomic mass is 9.93. The third kappa shape index (κ3) is 4.95. The van der Waals surface area contributed by atoms with Crippen molar-refractivity contribution in [2.75, 3.05) is 18.5 Å². The molecular formula is C24H25N3O3. The van der Waals surface area contributed by atoms with Crippen LogP contribution in [0.1, 0.15) is 36.8 Å². The summed E-state index contributed by atoms with van der Waals surface area (Å²) < 4.78 is 6.02. The Balaban J connectivity index is 1.40. The van der Waals surface area contributed by atoms with Crippen LogP contribution in [-0.4, -0.2) is 34.2 Å². The average Bonchev–Trinajstić information content (AvgIpc) is 2.90. The number of benzene rings is 1. The third-order valence-electron chi connectivity index (χ3n) is 5.28. The molecule has 0 saturated heterocycles. The first-order chi connectivity index (χ1) is 14.7. The van der Waals surface area contributed by atoms with Crippen LogP contribution in [0.2, 0.25) is 0 Å². The number of fused-ring (bicyclic) bond motifs is 1. The molecule has 2 N–H and O–H groups in total. The van der Waals surface area contributed by atoms with E-state index in [0.717, 1.165) is 49.1 Å². The number of ether oxygens (including phenoxy) is 1. The van der Waals surface area contributed by atoms with Gasteiger partial charge in [0.1, 0.15) is 0 Å². The van der Waals surface area contributed by atoms with Gasteiger partial charge in [0.25, 0.3) is 0 Å². The van der Waals surface area contributed by atoms with Gasteiger partial charge >= 0.3 is 5.97 Å². The number of carboxylic acid groups (broad SMARTS) is 1. The van der Waals surface area contributed by atoms with Crippen LogP contribution >= 0.6 is 0 Å². The molecule has 1 aromatic heterocycles. The quantitative estimate of drug-likeness (QED) is 0.636. The zero-order valence-corrected chi connectivity index (χ0v) is 16.8. The number of anilines is 1. The zero-order valence-electron chi connectivity index (χ0n) is 16.8. The summed E-state index contributed by atoms with van der Waals surface area (Å²) in [4.78, 5) is 19.6. The van der Waals surface area contributed by atoms with Gasteiger partial charge in [-0.25, -0.2) is 9.97 Å². The Labute approximate surface area is 176 Å². The van der Waals surface area contributed by atoms with Crippen molar-refractivity contribution >= 4 is 17.5 Å². The molecule has 154 valence electrons. The fourth-order valence-electron chi connectivity index (χ4n) is 3.88. The van der Waals surface area contributed by atoms with Gasteiger partial charge in [-0.1, -0.05) is 30.3 Å². The smallest absolute Gasteiger partial charge is 0.307 e. The summed E-state index contributed by atoms with van der Waals surface area (Å²) in [6.45, 7) is 1.38. The molecule has 0 saturated carbocycles. The van der Waals surface area contributed by atoms with E-state index in [-0.39, 0.29) is 6.42 Å². The second-order valence-electron chi connectivity index (χ2n) is 7.44. The van der Waals surface area contributed by atoms with Gasteiger partial charge in [-0.05, 0) is 59.3 Å². The third-order valence-corrected chi connectivity index (χ3v) is 5.28. The number of carbonyl (C=O) groups is 1. The van der Waals surface area contributed by atoms with Crippen LogP contribution in [0.25, 0.3) is 5.57 Å². The molecule has 0 aliphatic heterocycles. The van der Waals surface area contributed by atoms with E-state index in [2.05, 4.69) is 33.5 Å². The van der Waals surface area contributed by atoms with Gasteiger partial charge in [0.05, 0.1) is 18.8 Å². The summed E-state index contributed by atoms with van der Waals surface area (Å²) in [5, 5.41) is 12.5. The second-order valence-corrected chi connectivity index (χ2v) is 7.44. The van der Waals surface area contributed by atoms with E-state index in [4.69, 9.17) is 4.74 Å². The molecule has 2 aliphatic rings. The maximum Gasteiger partial charge on any atom is 0.307 e. The molecule has 4 rings (SSSR count). The summed E-state index contributed by atoms with van der Waals surface area (Å²) in [7, 11) is 0. The predicted octanol–water partition coefficient (Wildman–Crippen LogP) is 4.38. The Morgan fingerprint density at radius 3 is 2.73 bits per heavy atom. The van der Waals surface area contributed by atoms with Crippen molar-refractivity contribution in [3.05, 3.63) is 82.9 Å². The molecular weight excluding hydrogens is 378 g/mol. The first-order valence-electron chi connectivity index (χ1n) is 10.3. The Bertz CT molecular complexity index is 1010. The number of rotatable bonds is 8. The van der Waals surface area contributed by atoms with Crippen LogP contribution in [0.5, 0.6) is 0 Å². The van der Waals surface area contributed by atoms with Crippen molar-refractivity contribution in [2.24, 2.45) is 0 Å². The molecule has 2 aromatic rings. The molecule has 0 fully saturated rings. The normalized spacial score (nSPS) is 15.3. The van der Waals surface area contributed by atoms with Gasteiger partial charge in [-0.2, -0.15) is 0 Å². The van der Waals surface area contributed by atoms with Gasteiger partial charge in [0.15, 0.2) is 0 Å². The Kier molecular flexibility index (Phi) is 6.23. The van der Waals surface area contributed by atoms with Crippen LogP contribution in [-0.2, 0) is 16.0 Å². The summed E-state index contributed by atoms with van der Waals surface area (Å²) in [6, 6.07) is 9.88. The van der Waals surface area contributed by atoms with Crippen LogP contribution in [0.3, 0.4) is 0 Å². The summed E-state index contributed by atoms with van der Waals surface area (Å²) in [5.74, 6) is 0.826. The average molecular weight is 403 g/mol. The standard InChI is InChI=1S/C24H25N3O3/c28-23(29)16-20-13-17-7-8-21(15-19(17)14-18-5-1-2-6-22(18)20)30-12-4-11-27-24-25-9-3-10-26-24/h1-3,5-6,9-10,13,15H,4,7-8,11-12,14,16H2,(H,28,29)(H,25,26,27). The number of aliphatic carboxylic acids is 1. The van der Waals surface area contributed by atoms with E-state index in [1.54, 1.807) is 18.5 Å². The number of hydrogen-bond donors (Lipinski definition) is 2. The van der Waals surface area contributed by atoms with Crippen molar-refractivity contribution in [2.45, 2.75) is 32.1 Å². The van der Waals surface area contributed by atoms with E-state index >= 15 is 0 Å². The highest BCUT2D eigenvalue weighted by Gasteiger charge is 2.21. The van der Waals surface area contributed by atoms with Crippen LogP contribution in [0.4, 0.5) is 5.95 Å². The fraction of sp³-hybridized carbons (Fsp3) is 0.292. The second kappa shape index (κ2) is 9.39. The lowest BCUT2D eigenvalue weighted by Crippen LogP contribution is -2.09. The maximum atomic E-state index is 11.4. The first kappa shape index (κ1) is 19.9. The van der Waals surface area contributed by atoms with Crippen molar-refractivity contribution in [1.29, 1.82) is 0 Å². The molecule has 0 unspecified atom stereocenters. The number of allylic oxidation sites excluding steroid dienone is 5. The number of aromatic nitrogens is 2. The van der Waals surface area contributed by atoms with Crippen molar-refractivity contribution in [3.8, 4) is 0 Å². The number of carboxylic acids is 1. The van der Waals surface area contributed by atoms with E-state index in [0.29, 0.717) is 12.6 Å². The van der Waals surface area contributed by atoms with Gasteiger partial charge < -0.3 is 15.2 Å². The molecule has 30 heavy (non-hydrogen) atoms. The highest BCUT2D eigenvalue weighted by Crippen LogP contribution is 2.36. The molecule has 0 amide bonds. The lowest BCUT2D eigenvalue weighted by Gasteiger charge is -2.19. The van der Waals surface area contributed by atoms with Crippen LogP contribution < -0.4 is 5.32 Å². The van der Waals surface area contributed by atoms with Gasteiger partial charge in [0.2, 0.25) is 5.95 Å². The van der Waals surface area contributed by atoms with Gasteiger partial charge in [0, 0.05) is 25.4 Å². The molecule has 6 heteroatoms. The van der Waals surface area contributed by atoms with E-state index in [1.165, 1.54) is 16.7 Å². The molecule has 0 bridgehead atoms. The molecule has 0 radical (unpaired) electrons.